The van der Waals surface area contributed by atoms with E-state index in [1.54, 1.807) is 128 Å². The third-order valence-electron chi connectivity index (χ3n) is 25.8. The van der Waals surface area contributed by atoms with E-state index in [2.05, 4.69) is 27.7 Å². The van der Waals surface area contributed by atoms with Crippen molar-refractivity contribution in [3.05, 3.63) is 0 Å². The van der Waals surface area contributed by atoms with E-state index >= 15 is 0 Å². The summed E-state index contributed by atoms with van der Waals surface area (Å²) >= 11 is 0. The highest BCUT2D eigenvalue weighted by molar-refractivity contribution is 5.08. The molecule has 0 heterocycles. The molecule has 4 heteroatoms. The van der Waals surface area contributed by atoms with E-state index in [0.717, 1.165) is 95.4 Å². The summed E-state index contributed by atoms with van der Waals surface area (Å²) in [6.45, 7) is 13.2. The van der Waals surface area contributed by atoms with Crippen molar-refractivity contribution < 1.29 is 18.9 Å². The summed E-state index contributed by atoms with van der Waals surface area (Å²) < 4.78 is 24.9. The Hall–Kier alpha value is -0.160. The summed E-state index contributed by atoms with van der Waals surface area (Å²) in [4.78, 5) is 0. The third kappa shape index (κ3) is 17.9. The maximum Gasteiger partial charge on any atom is 0.0575 e. The lowest BCUT2D eigenvalue weighted by molar-refractivity contribution is -0.111. The van der Waals surface area contributed by atoms with Gasteiger partial charge in [-0.1, -0.05) is 91.9 Å². The Balaban J connectivity index is 0.000000190. The highest BCUT2D eigenvalue weighted by atomic mass is 16.5. The minimum Gasteiger partial charge on any atom is -0.378 e. The van der Waals surface area contributed by atoms with Gasteiger partial charge in [0.1, 0.15) is 0 Å². The molecule has 0 radical (unpaired) electrons. The number of ether oxygens (including phenoxy) is 4. The van der Waals surface area contributed by atoms with E-state index < -0.39 is 0 Å². The Morgan fingerprint density at radius 2 is 0.397 bits per heavy atom. The van der Waals surface area contributed by atoms with Gasteiger partial charge in [-0.15, -0.1) is 0 Å². The topological polar surface area (TPSA) is 36.9 Å². The Morgan fingerprint density at radius 1 is 0.218 bits per heavy atom. The van der Waals surface area contributed by atoms with Gasteiger partial charge in [0.15, 0.2) is 0 Å². The van der Waals surface area contributed by atoms with Crippen LogP contribution in [0.3, 0.4) is 0 Å². The molecule has 0 aromatic carbocycles. The Morgan fingerprint density at radius 3 is 0.603 bits per heavy atom. The van der Waals surface area contributed by atoms with Gasteiger partial charge in [0, 0.05) is 26.4 Å². The van der Waals surface area contributed by atoms with Crippen LogP contribution < -0.4 is 0 Å². The largest absolute Gasteiger partial charge is 0.378 e. The van der Waals surface area contributed by atoms with Crippen molar-refractivity contribution in [2.75, 3.05) is 26.4 Å². The second kappa shape index (κ2) is 31.8. The molecule has 452 valence electrons. The first-order valence-electron chi connectivity index (χ1n) is 36.7. The van der Waals surface area contributed by atoms with Gasteiger partial charge < -0.3 is 18.9 Å². The van der Waals surface area contributed by atoms with Gasteiger partial charge in [-0.05, 0) is 326 Å². The molecule has 0 bridgehead atoms. The molecule has 4 nitrogen and oxygen atoms in total. The second-order valence-corrected chi connectivity index (χ2v) is 31.2. The summed E-state index contributed by atoms with van der Waals surface area (Å²) in [6.07, 6.45) is 74.5. The van der Waals surface area contributed by atoms with E-state index in [1.807, 2.05) is 0 Å². The quantitative estimate of drug-likeness (QED) is 0.0809. The number of hydrogen-bond donors (Lipinski definition) is 0. The maximum absolute atomic E-state index is 6.26. The number of hydrogen-bond acceptors (Lipinski definition) is 4. The van der Waals surface area contributed by atoms with E-state index in [-0.39, 0.29) is 0 Å². The molecule has 0 aliphatic heterocycles. The molecule has 0 N–H and O–H groups in total. The van der Waals surface area contributed by atoms with Crippen molar-refractivity contribution in [2.45, 2.75) is 373 Å². The molecule has 10 aliphatic rings. The normalized spacial score (nSPS) is 41.1. The van der Waals surface area contributed by atoms with Gasteiger partial charge in [-0.3, -0.25) is 0 Å². The summed E-state index contributed by atoms with van der Waals surface area (Å²) in [7, 11) is 0. The summed E-state index contributed by atoms with van der Waals surface area (Å²) in [6, 6.07) is 0. The van der Waals surface area contributed by atoms with Crippen molar-refractivity contribution in [2.24, 2.45) is 69.0 Å². The van der Waals surface area contributed by atoms with Crippen molar-refractivity contribution in [3.63, 3.8) is 0 Å². The molecule has 0 atom stereocenters. The molecule has 10 aliphatic carbocycles. The van der Waals surface area contributed by atoms with Crippen LogP contribution in [0.4, 0.5) is 0 Å². The highest BCUT2D eigenvalue weighted by Crippen LogP contribution is 2.69. The monoisotopic (exact) mass is 1090 g/mol. The molecule has 10 fully saturated rings. The van der Waals surface area contributed by atoms with Crippen molar-refractivity contribution in [1.82, 2.24) is 0 Å². The molecular weight excluding hydrogens is 953 g/mol. The minimum atomic E-state index is 0.582. The molecule has 0 unspecified atom stereocenters. The highest BCUT2D eigenvalue weighted by Gasteiger charge is 2.57. The van der Waals surface area contributed by atoms with Crippen LogP contribution in [-0.4, -0.2) is 50.8 Å². The first-order valence-corrected chi connectivity index (χ1v) is 36.7. The van der Waals surface area contributed by atoms with Gasteiger partial charge in [0.2, 0.25) is 0 Å². The van der Waals surface area contributed by atoms with Crippen molar-refractivity contribution >= 4 is 0 Å². The van der Waals surface area contributed by atoms with E-state index in [1.165, 1.54) is 193 Å². The predicted molar refractivity (Wildman–Crippen MR) is 330 cm³/mol. The fraction of sp³-hybridized carbons (Fsp3) is 1.00. The molecule has 78 heavy (non-hydrogen) atoms. The van der Waals surface area contributed by atoms with Crippen LogP contribution in [0.2, 0.25) is 0 Å². The molecule has 10 rings (SSSR count). The molecular formula is C74H132O4. The lowest BCUT2D eigenvalue weighted by Crippen LogP contribution is -2.50. The standard InChI is InChI=1S/C38H68O2.C36H64O2/c1-3-5-7-9-27-39-35-15-11-31(12-16-35)33-19-23-37(24-20-33)29-38(30-37)25-21-34(22-26-38)32-13-17-36(18-14-32)40-28-10-8-6-4-2;1-3-5-7-25-37-33-13-9-29(10-14-33)31-17-21-35(22-18-31)27-36(28-35)23-19-32(20-24-36)30-11-15-34(16-12-30)38-26-8-6-4-2/h31-36H,3-30H2,1-2H3;29-34H,3-28H2,1-2H3/t;29-,30?,31-,32-,33-,34?,35?,36?. The Bertz CT molecular complexity index is 1440. The van der Waals surface area contributed by atoms with Gasteiger partial charge in [0.05, 0.1) is 24.4 Å². The van der Waals surface area contributed by atoms with Crippen LogP contribution in [0.1, 0.15) is 349 Å². The van der Waals surface area contributed by atoms with Crippen molar-refractivity contribution in [1.29, 1.82) is 0 Å². The Kier molecular flexibility index (Phi) is 25.5. The van der Waals surface area contributed by atoms with Crippen LogP contribution in [0.25, 0.3) is 0 Å². The zero-order valence-corrected chi connectivity index (χ0v) is 52.7. The number of unbranched alkanes of at least 4 members (excludes halogenated alkanes) is 10. The molecule has 10 saturated carbocycles. The SMILES string of the molecule is CCCCCCOC1CCC(C2CCC3(CC2)CC2(CCC(C4CCC(OCCCCCC)CC4)CC2)C3)CC1.CCCCCOC1CCC([C@H]2CCC3(CC2)CC2(CC[C@H]([C@H]4CC[C@H](OCCCCC)CC4)CC2)C3)CC1. The maximum atomic E-state index is 6.26. The van der Waals surface area contributed by atoms with E-state index in [9.17, 15) is 0 Å². The summed E-state index contributed by atoms with van der Waals surface area (Å²) in [5, 5.41) is 0. The first kappa shape index (κ1) is 62.4. The van der Waals surface area contributed by atoms with Crippen LogP contribution >= 0.6 is 0 Å². The minimum absolute atomic E-state index is 0.582. The molecule has 0 aromatic rings. The summed E-state index contributed by atoms with van der Waals surface area (Å²) in [5.74, 6) is 8.23. The van der Waals surface area contributed by atoms with Gasteiger partial charge in [0.25, 0.3) is 0 Å². The van der Waals surface area contributed by atoms with E-state index in [4.69, 9.17) is 18.9 Å². The molecule has 0 amide bonds. The average Bonchev–Trinajstić information content (AvgIpc) is 3.66. The average molecular weight is 1090 g/mol. The smallest absolute Gasteiger partial charge is 0.0575 e. The van der Waals surface area contributed by atoms with Crippen LogP contribution in [0, 0.1) is 69.0 Å². The summed E-state index contributed by atoms with van der Waals surface area (Å²) in [5.41, 5.74) is 3.09. The van der Waals surface area contributed by atoms with Gasteiger partial charge >= 0.3 is 0 Å². The second-order valence-electron chi connectivity index (χ2n) is 31.2. The number of rotatable bonds is 26. The zero-order valence-electron chi connectivity index (χ0n) is 52.7. The molecule has 0 aromatic heterocycles. The van der Waals surface area contributed by atoms with E-state index in [0.29, 0.717) is 24.4 Å². The molecule has 4 spiro atoms. The fourth-order valence-electron chi connectivity index (χ4n) is 21.1. The van der Waals surface area contributed by atoms with Crippen molar-refractivity contribution in [3.8, 4) is 0 Å². The third-order valence-corrected chi connectivity index (χ3v) is 25.8. The van der Waals surface area contributed by atoms with Crippen LogP contribution in [0.15, 0.2) is 0 Å². The lowest BCUT2D eigenvalue weighted by atomic mass is 9.43. The van der Waals surface area contributed by atoms with Crippen LogP contribution in [0.5, 0.6) is 0 Å². The zero-order chi connectivity index (χ0) is 53.9. The first-order chi connectivity index (χ1) is 38.2. The molecule has 0 saturated heterocycles. The van der Waals surface area contributed by atoms with Crippen LogP contribution in [-0.2, 0) is 18.9 Å². The fourth-order valence-corrected chi connectivity index (χ4v) is 21.1. The van der Waals surface area contributed by atoms with Gasteiger partial charge in [-0.2, -0.15) is 0 Å². The van der Waals surface area contributed by atoms with Gasteiger partial charge in [-0.25, -0.2) is 0 Å². The predicted octanol–water partition coefficient (Wildman–Crippen LogP) is 22.1. The Labute approximate surface area is 485 Å². The lowest BCUT2D eigenvalue weighted by Gasteiger charge is -2.62.